The molecule has 2 rings (SSSR count). The van der Waals surface area contributed by atoms with Gasteiger partial charge in [0.05, 0.1) is 31.2 Å². The Hall–Kier alpha value is -1.40. The van der Waals surface area contributed by atoms with Gasteiger partial charge in [-0.3, -0.25) is 0 Å². The summed E-state index contributed by atoms with van der Waals surface area (Å²) in [5.74, 6) is 0. The monoisotopic (exact) mass is 337 g/mol. The van der Waals surface area contributed by atoms with Gasteiger partial charge in [0, 0.05) is 18.7 Å². The van der Waals surface area contributed by atoms with E-state index in [1.807, 2.05) is 6.92 Å². The van der Waals surface area contributed by atoms with Crippen LogP contribution in [0.4, 0.5) is 0 Å². The van der Waals surface area contributed by atoms with Crippen LogP contribution in [0, 0.1) is 20.8 Å². The van der Waals surface area contributed by atoms with Crippen LogP contribution >= 0.6 is 11.6 Å². The number of aliphatic hydroxyl groups is 1. The first-order valence-electron chi connectivity index (χ1n) is 7.75. The number of aryl methyl sites for hydroxylation is 3. The molecule has 5 nitrogen and oxygen atoms in total. The zero-order valence-corrected chi connectivity index (χ0v) is 14.7. The lowest BCUT2D eigenvalue weighted by atomic mass is 10.1. The van der Waals surface area contributed by atoms with Crippen LogP contribution in [0.3, 0.4) is 0 Å². The lowest BCUT2D eigenvalue weighted by Crippen LogP contribution is -2.20. The molecule has 0 atom stereocenters. The van der Waals surface area contributed by atoms with Crippen LogP contribution in [0.25, 0.3) is 5.69 Å². The van der Waals surface area contributed by atoms with E-state index >= 15 is 0 Å². The molecule has 2 N–H and O–H groups in total. The fraction of sp³-hybridized carbons (Fsp3) is 0.471. The Balaban J connectivity index is 2.09. The molecule has 0 spiro atoms. The second kappa shape index (κ2) is 8.45. The molecular formula is C17H24ClN3O2. The number of nitrogens with zero attached hydrogens (tertiary/aromatic N) is 2. The second-order valence-electron chi connectivity index (χ2n) is 5.57. The molecule has 2 aromatic rings. The first kappa shape index (κ1) is 17.9. The molecule has 0 bridgehead atoms. The molecule has 0 aliphatic rings. The van der Waals surface area contributed by atoms with Crippen LogP contribution in [0.2, 0.25) is 5.15 Å². The minimum absolute atomic E-state index is 0.0492. The third-order valence-electron chi connectivity index (χ3n) is 3.68. The summed E-state index contributed by atoms with van der Waals surface area (Å²) in [4.78, 5) is 0. The SMILES string of the molecule is Cc1ccc(C)c(-n2nc(C)c(CNCCOCCO)c2Cl)c1. The van der Waals surface area contributed by atoms with Crippen LogP contribution in [0.5, 0.6) is 0 Å². The predicted octanol–water partition coefficient (Wildman–Crippen LogP) is 2.55. The Labute approximate surface area is 142 Å². The van der Waals surface area contributed by atoms with Gasteiger partial charge in [-0.2, -0.15) is 5.10 Å². The van der Waals surface area contributed by atoms with Crippen LogP contribution in [0.15, 0.2) is 18.2 Å². The highest BCUT2D eigenvalue weighted by Gasteiger charge is 2.15. The molecule has 1 heterocycles. The zero-order valence-electron chi connectivity index (χ0n) is 13.9. The second-order valence-corrected chi connectivity index (χ2v) is 5.93. The smallest absolute Gasteiger partial charge is 0.137 e. The molecule has 0 unspecified atom stereocenters. The maximum atomic E-state index is 8.65. The zero-order chi connectivity index (χ0) is 16.8. The molecule has 0 saturated heterocycles. The molecule has 0 amide bonds. The normalized spacial score (nSPS) is 11.2. The number of ether oxygens (including phenoxy) is 1. The van der Waals surface area contributed by atoms with Crippen molar-refractivity contribution in [1.29, 1.82) is 0 Å². The lowest BCUT2D eigenvalue weighted by Gasteiger charge is -2.09. The number of rotatable bonds is 8. The van der Waals surface area contributed by atoms with Crippen LogP contribution < -0.4 is 5.32 Å². The summed E-state index contributed by atoms with van der Waals surface area (Å²) in [6.45, 7) is 8.39. The van der Waals surface area contributed by atoms with Gasteiger partial charge in [0.1, 0.15) is 5.15 Å². The number of aliphatic hydroxyl groups excluding tert-OH is 1. The number of benzene rings is 1. The lowest BCUT2D eigenvalue weighted by molar-refractivity contribution is 0.0938. The van der Waals surface area contributed by atoms with E-state index in [2.05, 4.69) is 42.5 Å². The first-order valence-corrected chi connectivity index (χ1v) is 8.13. The van der Waals surface area contributed by atoms with Crippen molar-refractivity contribution in [2.75, 3.05) is 26.4 Å². The fourth-order valence-corrected chi connectivity index (χ4v) is 2.70. The Morgan fingerprint density at radius 2 is 2.04 bits per heavy atom. The maximum Gasteiger partial charge on any atom is 0.137 e. The number of aromatic nitrogens is 2. The summed E-state index contributed by atoms with van der Waals surface area (Å²) in [6.07, 6.45) is 0. The van der Waals surface area contributed by atoms with E-state index in [0.29, 0.717) is 31.5 Å². The minimum atomic E-state index is 0.0492. The van der Waals surface area contributed by atoms with Crippen LogP contribution in [-0.4, -0.2) is 41.3 Å². The third kappa shape index (κ3) is 4.54. The predicted molar refractivity (Wildman–Crippen MR) is 92.4 cm³/mol. The Morgan fingerprint density at radius 1 is 1.26 bits per heavy atom. The van der Waals surface area contributed by atoms with Gasteiger partial charge >= 0.3 is 0 Å². The van der Waals surface area contributed by atoms with Gasteiger partial charge in [-0.15, -0.1) is 0 Å². The fourth-order valence-electron chi connectivity index (χ4n) is 2.36. The summed E-state index contributed by atoms with van der Waals surface area (Å²) in [7, 11) is 0. The van der Waals surface area contributed by atoms with E-state index in [1.54, 1.807) is 4.68 Å². The van der Waals surface area contributed by atoms with Crippen molar-refractivity contribution < 1.29 is 9.84 Å². The number of hydrogen-bond acceptors (Lipinski definition) is 4. The molecule has 6 heteroatoms. The highest BCUT2D eigenvalue weighted by Crippen LogP contribution is 2.25. The van der Waals surface area contributed by atoms with Crippen molar-refractivity contribution in [3.8, 4) is 5.69 Å². The summed E-state index contributed by atoms with van der Waals surface area (Å²) >= 11 is 6.55. The largest absolute Gasteiger partial charge is 0.394 e. The Bertz CT molecular complexity index is 656. The van der Waals surface area contributed by atoms with Gasteiger partial charge in [0.2, 0.25) is 0 Å². The molecule has 126 valence electrons. The number of halogens is 1. The van der Waals surface area contributed by atoms with Gasteiger partial charge in [-0.1, -0.05) is 23.7 Å². The molecule has 23 heavy (non-hydrogen) atoms. The molecule has 0 radical (unpaired) electrons. The molecule has 1 aromatic carbocycles. The molecule has 0 aliphatic heterocycles. The van der Waals surface area contributed by atoms with Crippen molar-refractivity contribution in [1.82, 2.24) is 15.1 Å². The molecule has 0 aliphatic carbocycles. The van der Waals surface area contributed by atoms with Gasteiger partial charge in [-0.25, -0.2) is 4.68 Å². The van der Waals surface area contributed by atoms with Gasteiger partial charge < -0.3 is 15.2 Å². The van der Waals surface area contributed by atoms with Crippen LogP contribution in [0.1, 0.15) is 22.4 Å². The van der Waals surface area contributed by atoms with E-state index < -0.39 is 0 Å². The average Bonchev–Trinajstić information content (AvgIpc) is 2.80. The molecule has 0 fully saturated rings. The molecule has 0 saturated carbocycles. The summed E-state index contributed by atoms with van der Waals surface area (Å²) in [6, 6.07) is 6.25. The van der Waals surface area contributed by atoms with Crippen molar-refractivity contribution in [2.24, 2.45) is 0 Å². The van der Waals surface area contributed by atoms with E-state index in [4.69, 9.17) is 21.4 Å². The Morgan fingerprint density at radius 3 is 2.78 bits per heavy atom. The van der Waals surface area contributed by atoms with Crippen molar-refractivity contribution in [3.05, 3.63) is 45.7 Å². The van der Waals surface area contributed by atoms with Gasteiger partial charge in [0.25, 0.3) is 0 Å². The number of hydrogen-bond donors (Lipinski definition) is 2. The summed E-state index contributed by atoms with van der Waals surface area (Å²) in [5, 5.41) is 17.2. The van der Waals surface area contributed by atoms with Crippen molar-refractivity contribution in [3.63, 3.8) is 0 Å². The van der Waals surface area contributed by atoms with Crippen LogP contribution in [-0.2, 0) is 11.3 Å². The topological polar surface area (TPSA) is 59.3 Å². The standard InChI is InChI=1S/C17H24ClN3O2/c1-12-4-5-13(2)16(10-12)21-17(18)15(14(3)20-21)11-19-6-8-23-9-7-22/h4-5,10,19,22H,6-9,11H2,1-3H3. The number of nitrogens with one attached hydrogen (secondary N) is 1. The van der Waals surface area contributed by atoms with E-state index in [9.17, 15) is 0 Å². The first-order chi connectivity index (χ1) is 11.0. The maximum absolute atomic E-state index is 8.65. The van der Waals surface area contributed by atoms with E-state index in [1.165, 1.54) is 5.56 Å². The van der Waals surface area contributed by atoms with Crippen molar-refractivity contribution >= 4 is 11.6 Å². The molecular weight excluding hydrogens is 314 g/mol. The summed E-state index contributed by atoms with van der Waals surface area (Å²) < 4.78 is 7.02. The van der Waals surface area contributed by atoms with Gasteiger partial charge in [0.15, 0.2) is 0 Å². The minimum Gasteiger partial charge on any atom is -0.394 e. The third-order valence-corrected chi connectivity index (χ3v) is 4.06. The Kier molecular flexibility index (Phi) is 6.59. The van der Waals surface area contributed by atoms with E-state index in [-0.39, 0.29) is 6.61 Å². The van der Waals surface area contributed by atoms with E-state index in [0.717, 1.165) is 22.5 Å². The summed E-state index contributed by atoms with van der Waals surface area (Å²) in [5.41, 5.74) is 5.23. The highest BCUT2D eigenvalue weighted by atomic mass is 35.5. The average molecular weight is 338 g/mol. The van der Waals surface area contributed by atoms with Crippen molar-refractivity contribution in [2.45, 2.75) is 27.3 Å². The molecule has 1 aromatic heterocycles. The quantitative estimate of drug-likeness (QED) is 0.727. The highest BCUT2D eigenvalue weighted by molar-refractivity contribution is 6.30. The van der Waals surface area contributed by atoms with Gasteiger partial charge in [-0.05, 0) is 38.0 Å².